The van der Waals surface area contributed by atoms with Gasteiger partial charge in [0.25, 0.3) is 0 Å². The first kappa shape index (κ1) is 16.0. The normalized spacial score (nSPS) is 14.4. The molecule has 7 heteroatoms. The van der Waals surface area contributed by atoms with Crippen molar-refractivity contribution in [1.82, 2.24) is 4.72 Å². The quantitative estimate of drug-likeness (QED) is 0.900. The van der Waals surface area contributed by atoms with Gasteiger partial charge in [0.15, 0.2) is 0 Å². The zero-order valence-corrected chi connectivity index (χ0v) is 11.7. The number of benzene rings is 1. The van der Waals surface area contributed by atoms with Crippen molar-refractivity contribution in [1.29, 1.82) is 0 Å². The Morgan fingerprint density at radius 3 is 2.32 bits per heavy atom. The number of hydrogen-bond acceptors (Lipinski definition) is 2. The van der Waals surface area contributed by atoms with Gasteiger partial charge in [-0.2, -0.15) is 13.2 Å². The molecule has 0 fully saturated rings. The van der Waals surface area contributed by atoms with Crippen LogP contribution in [0.25, 0.3) is 0 Å². The lowest BCUT2D eigenvalue weighted by Gasteiger charge is -2.19. The fraction of sp³-hybridized carbons (Fsp3) is 0.500. The summed E-state index contributed by atoms with van der Waals surface area (Å²) in [6, 6.07) is 3.37. The fourth-order valence-electron chi connectivity index (χ4n) is 1.32. The van der Waals surface area contributed by atoms with Crippen LogP contribution >= 0.6 is 0 Å². The number of phenolic OH excluding ortho intramolecular Hbond substituents is 1. The highest BCUT2D eigenvalue weighted by Gasteiger charge is 2.34. The number of aromatic hydroxyl groups is 1. The second kappa shape index (κ2) is 5.50. The van der Waals surface area contributed by atoms with E-state index in [9.17, 15) is 22.5 Å². The van der Waals surface area contributed by atoms with E-state index in [0.29, 0.717) is 0 Å². The molecule has 0 spiro atoms. The Hall–Kier alpha value is -1.08. The molecule has 0 aliphatic carbocycles. The van der Waals surface area contributed by atoms with Gasteiger partial charge >= 0.3 is 6.18 Å². The summed E-state index contributed by atoms with van der Waals surface area (Å²) in [7, 11) is -1.42. The first-order valence-corrected chi connectivity index (χ1v) is 6.72. The summed E-state index contributed by atoms with van der Waals surface area (Å²) in [4.78, 5) is 0. The van der Waals surface area contributed by atoms with Crippen molar-refractivity contribution in [2.24, 2.45) is 0 Å². The van der Waals surface area contributed by atoms with Crippen LogP contribution in [-0.4, -0.2) is 14.1 Å². The number of para-hydroxylation sites is 1. The minimum Gasteiger partial charge on any atom is -0.507 e. The topological polar surface area (TPSA) is 49.3 Å². The summed E-state index contributed by atoms with van der Waals surface area (Å²) >= 11 is 0. The van der Waals surface area contributed by atoms with Gasteiger partial charge < -0.3 is 5.11 Å². The van der Waals surface area contributed by atoms with E-state index in [2.05, 4.69) is 4.72 Å². The first-order valence-electron chi connectivity index (χ1n) is 5.57. The van der Waals surface area contributed by atoms with Crippen LogP contribution in [0.4, 0.5) is 13.2 Å². The molecule has 1 rings (SSSR count). The monoisotopic (exact) mass is 295 g/mol. The molecule has 1 aromatic carbocycles. The van der Waals surface area contributed by atoms with E-state index >= 15 is 0 Å². The van der Waals surface area contributed by atoms with Gasteiger partial charge in [0.05, 0.1) is 21.3 Å². The van der Waals surface area contributed by atoms with Crippen molar-refractivity contribution in [3.05, 3.63) is 29.3 Å². The molecule has 1 atom stereocenters. The van der Waals surface area contributed by atoms with Gasteiger partial charge in [-0.15, -0.1) is 0 Å². The first-order chi connectivity index (χ1) is 8.53. The number of phenols is 1. The summed E-state index contributed by atoms with van der Waals surface area (Å²) in [6.45, 7) is 5.12. The molecule has 0 saturated heterocycles. The molecule has 0 radical (unpaired) electrons. The fourth-order valence-corrected chi connectivity index (χ4v) is 2.04. The lowest BCUT2D eigenvalue weighted by molar-refractivity contribution is -0.138. The molecule has 1 unspecified atom stereocenters. The molecular formula is C12H16F3NO2S. The molecule has 0 aromatic heterocycles. The largest absolute Gasteiger partial charge is 0.507 e. The SMILES string of the molecule is CC(C)(C)S(=O)NCc1cccc(C(F)(F)F)c1O. The third-order valence-corrected chi connectivity index (χ3v) is 3.89. The molecule has 0 aliphatic rings. The molecule has 19 heavy (non-hydrogen) atoms. The second-order valence-corrected chi connectivity index (χ2v) is 7.06. The van der Waals surface area contributed by atoms with Gasteiger partial charge in [0, 0.05) is 12.1 Å². The average Bonchev–Trinajstić information content (AvgIpc) is 2.24. The summed E-state index contributed by atoms with van der Waals surface area (Å²) in [5.41, 5.74) is -1.03. The van der Waals surface area contributed by atoms with E-state index in [0.717, 1.165) is 6.07 Å². The smallest absolute Gasteiger partial charge is 0.419 e. The van der Waals surface area contributed by atoms with Crippen molar-refractivity contribution in [2.75, 3.05) is 0 Å². The standard InChI is InChI=1S/C12H16F3NO2S/c1-11(2,3)19(18)16-7-8-5-4-6-9(10(8)17)12(13,14)15/h4-6,16-17H,7H2,1-3H3. The van der Waals surface area contributed by atoms with Crippen LogP contribution in [0.3, 0.4) is 0 Å². The maximum atomic E-state index is 12.6. The van der Waals surface area contributed by atoms with Gasteiger partial charge in [-0.1, -0.05) is 12.1 Å². The van der Waals surface area contributed by atoms with Crippen LogP contribution in [-0.2, 0) is 23.7 Å². The summed E-state index contributed by atoms with van der Waals surface area (Å²) in [6.07, 6.45) is -4.61. The zero-order chi connectivity index (χ0) is 14.8. The molecule has 3 nitrogen and oxygen atoms in total. The van der Waals surface area contributed by atoms with Crippen LogP contribution in [0, 0.1) is 0 Å². The molecular weight excluding hydrogens is 279 g/mol. The van der Waals surface area contributed by atoms with Crippen LogP contribution in [0.1, 0.15) is 31.9 Å². The molecule has 0 bridgehead atoms. The highest BCUT2D eigenvalue weighted by Crippen LogP contribution is 2.37. The molecule has 2 N–H and O–H groups in total. The highest BCUT2D eigenvalue weighted by molar-refractivity contribution is 7.84. The van der Waals surface area contributed by atoms with Crippen molar-refractivity contribution in [3.63, 3.8) is 0 Å². The number of hydrogen-bond donors (Lipinski definition) is 2. The maximum absolute atomic E-state index is 12.6. The number of alkyl halides is 3. The molecule has 0 amide bonds. The molecule has 0 heterocycles. The Kier molecular flexibility index (Phi) is 4.63. The number of rotatable bonds is 3. The summed E-state index contributed by atoms with van der Waals surface area (Å²) in [5, 5.41) is 9.58. The van der Waals surface area contributed by atoms with E-state index in [1.807, 2.05) is 0 Å². The van der Waals surface area contributed by atoms with Crippen molar-refractivity contribution >= 4 is 11.0 Å². The predicted octanol–water partition coefficient (Wildman–Crippen LogP) is 2.96. The van der Waals surface area contributed by atoms with Gasteiger partial charge in [0.1, 0.15) is 5.75 Å². The van der Waals surface area contributed by atoms with E-state index in [1.165, 1.54) is 12.1 Å². The lowest BCUT2D eigenvalue weighted by atomic mass is 10.1. The molecule has 0 saturated carbocycles. The summed E-state index contributed by atoms with van der Waals surface area (Å²) in [5.74, 6) is -0.826. The predicted molar refractivity (Wildman–Crippen MR) is 67.8 cm³/mol. The van der Waals surface area contributed by atoms with Crippen LogP contribution in [0.15, 0.2) is 18.2 Å². The number of halogens is 3. The van der Waals surface area contributed by atoms with Crippen molar-refractivity contribution in [2.45, 2.75) is 38.2 Å². The Bertz CT molecular complexity index is 481. The lowest BCUT2D eigenvalue weighted by Crippen LogP contribution is -2.32. The summed E-state index contributed by atoms with van der Waals surface area (Å²) < 4.78 is 51.5. The second-order valence-electron chi connectivity index (χ2n) is 5.01. The molecule has 1 aromatic rings. The molecule has 108 valence electrons. The van der Waals surface area contributed by atoms with Gasteiger partial charge in [-0.3, -0.25) is 0 Å². The van der Waals surface area contributed by atoms with Gasteiger partial charge in [-0.05, 0) is 26.8 Å². The van der Waals surface area contributed by atoms with E-state index in [-0.39, 0.29) is 12.1 Å². The zero-order valence-electron chi connectivity index (χ0n) is 10.8. The maximum Gasteiger partial charge on any atom is 0.419 e. The van der Waals surface area contributed by atoms with E-state index < -0.39 is 33.2 Å². The van der Waals surface area contributed by atoms with Crippen LogP contribution in [0.2, 0.25) is 0 Å². The van der Waals surface area contributed by atoms with Crippen molar-refractivity contribution in [3.8, 4) is 5.75 Å². The van der Waals surface area contributed by atoms with Gasteiger partial charge in [-0.25, -0.2) is 8.93 Å². The Morgan fingerprint density at radius 1 is 1.26 bits per heavy atom. The highest BCUT2D eigenvalue weighted by atomic mass is 32.2. The Labute approximate surface area is 112 Å². The van der Waals surface area contributed by atoms with Gasteiger partial charge in [0.2, 0.25) is 0 Å². The Balaban J connectivity index is 2.90. The molecule has 0 aliphatic heterocycles. The minimum atomic E-state index is -4.61. The average molecular weight is 295 g/mol. The third kappa shape index (κ3) is 4.21. The van der Waals surface area contributed by atoms with E-state index in [4.69, 9.17) is 0 Å². The number of nitrogens with one attached hydrogen (secondary N) is 1. The van der Waals surface area contributed by atoms with E-state index in [1.54, 1.807) is 20.8 Å². The van der Waals surface area contributed by atoms with Crippen LogP contribution < -0.4 is 4.72 Å². The minimum absolute atomic E-state index is 0.0624. The third-order valence-electron chi connectivity index (χ3n) is 2.37. The van der Waals surface area contributed by atoms with Crippen molar-refractivity contribution < 1.29 is 22.5 Å². The van der Waals surface area contributed by atoms with Crippen LogP contribution in [0.5, 0.6) is 5.75 Å². The Morgan fingerprint density at radius 2 is 1.84 bits per heavy atom.